The van der Waals surface area contributed by atoms with Gasteiger partial charge in [-0.2, -0.15) is 0 Å². The Morgan fingerprint density at radius 1 is 1.11 bits per heavy atom. The molecule has 0 bridgehead atoms. The van der Waals surface area contributed by atoms with Crippen LogP contribution in [0.3, 0.4) is 0 Å². The Labute approximate surface area is 198 Å². The number of nitro benzene ring substituents is 1. The van der Waals surface area contributed by atoms with Gasteiger partial charge in [-0.25, -0.2) is 4.79 Å². The van der Waals surface area contributed by atoms with Crippen LogP contribution in [0.15, 0.2) is 48.5 Å². The van der Waals surface area contributed by atoms with Crippen molar-refractivity contribution in [2.24, 2.45) is 0 Å². The quantitative estimate of drug-likeness (QED) is 0.176. The fraction of sp³-hybridized carbons (Fsp3) is 0.304. The first-order valence-corrected chi connectivity index (χ1v) is 10.6. The molecular weight excluding hydrogens is 462 g/mol. The number of nitrogens with zero attached hydrogens (tertiary/aromatic N) is 3. The number of non-ortho nitro benzene ring substituents is 1. The third kappa shape index (κ3) is 4.02. The van der Waals surface area contributed by atoms with Gasteiger partial charge in [0, 0.05) is 12.1 Å². The minimum absolute atomic E-state index is 0.113. The molecular formula is C23H21N3O9. The van der Waals surface area contributed by atoms with Gasteiger partial charge in [0.2, 0.25) is 5.91 Å². The fourth-order valence-corrected chi connectivity index (χ4v) is 4.34. The lowest BCUT2D eigenvalue weighted by Gasteiger charge is -2.51. The number of ether oxygens (including phenoxy) is 1. The van der Waals surface area contributed by atoms with E-state index in [0.717, 1.165) is 23.1 Å². The number of nitro groups is 1. The lowest BCUT2D eigenvalue weighted by Crippen LogP contribution is -2.77. The number of likely N-dealkylation sites (tertiary alicyclic amines) is 1. The molecule has 2 N–H and O–H groups in total. The van der Waals surface area contributed by atoms with Crippen molar-refractivity contribution in [1.29, 1.82) is 0 Å². The van der Waals surface area contributed by atoms with Crippen molar-refractivity contribution >= 4 is 29.4 Å². The summed E-state index contributed by atoms with van der Waals surface area (Å²) < 4.78 is 5.25. The van der Waals surface area contributed by atoms with Crippen molar-refractivity contribution in [3.8, 4) is 0 Å². The lowest BCUT2D eigenvalue weighted by molar-refractivity contribution is -0.384. The molecule has 0 aliphatic carbocycles. The van der Waals surface area contributed by atoms with Gasteiger partial charge < -0.3 is 19.8 Å². The van der Waals surface area contributed by atoms with Crippen molar-refractivity contribution in [1.82, 2.24) is 9.80 Å². The highest BCUT2D eigenvalue weighted by Gasteiger charge is 2.59. The van der Waals surface area contributed by atoms with Crippen molar-refractivity contribution in [2.75, 3.05) is 6.61 Å². The number of carbonyl (C=O) groups excluding carboxylic acids is 4. The van der Waals surface area contributed by atoms with E-state index < -0.39 is 65.1 Å². The Bertz CT molecular complexity index is 1210. The summed E-state index contributed by atoms with van der Waals surface area (Å²) in [5.74, 6) is -3.55. The molecule has 2 aromatic rings. The number of fused-ring (bicyclic) bond motifs is 1. The SMILES string of the molecule is CC(O)C(C(=O)OCc1ccccc1)N1C(=O)C(N2C(=O)c3ccc([N+](=O)[O-])cc3C2=O)C1CO. The zero-order valence-corrected chi connectivity index (χ0v) is 18.4. The molecule has 12 heteroatoms. The summed E-state index contributed by atoms with van der Waals surface area (Å²) in [6, 6.07) is 7.73. The molecule has 2 aliphatic rings. The topological polar surface area (TPSA) is 168 Å². The van der Waals surface area contributed by atoms with E-state index in [-0.39, 0.29) is 17.7 Å². The van der Waals surface area contributed by atoms with Crippen LogP contribution in [-0.2, 0) is 20.9 Å². The predicted octanol–water partition coefficient (Wildman–Crippen LogP) is 0.255. The van der Waals surface area contributed by atoms with Crippen LogP contribution < -0.4 is 0 Å². The third-order valence-electron chi connectivity index (χ3n) is 6.03. The van der Waals surface area contributed by atoms with E-state index in [9.17, 15) is 39.5 Å². The summed E-state index contributed by atoms with van der Waals surface area (Å²) in [5.41, 5.74) is -0.0708. The van der Waals surface area contributed by atoms with Crippen molar-refractivity contribution in [3.05, 3.63) is 75.3 Å². The van der Waals surface area contributed by atoms with Crippen LogP contribution in [0, 0.1) is 10.1 Å². The summed E-state index contributed by atoms with van der Waals surface area (Å²) in [7, 11) is 0. The van der Waals surface area contributed by atoms with Crippen LogP contribution in [0.4, 0.5) is 5.69 Å². The molecule has 2 heterocycles. The number of amides is 3. The van der Waals surface area contributed by atoms with Crippen LogP contribution in [-0.4, -0.2) is 79.5 Å². The maximum Gasteiger partial charge on any atom is 0.331 e. The van der Waals surface area contributed by atoms with E-state index in [1.54, 1.807) is 30.3 Å². The number of aliphatic hydroxyl groups excluding tert-OH is 2. The van der Waals surface area contributed by atoms with E-state index in [4.69, 9.17) is 4.74 Å². The summed E-state index contributed by atoms with van der Waals surface area (Å²) >= 11 is 0. The molecule has 0 radical (unpaired) electrons. The molecule has 3 amide bonds. The number of benzene rings is 2. The van der Waals surface area contributed by atoms with Gasteiger partial charge in [-0.15, -0.1) is 0 Å². The average molecular weight is 483 g/mol. The number of aliphatic hydroxyl groups is 2. The van der Waals surface area contributed by atoms with Gasteiger partial charge in [-0.1, -0.05) is 30.3 Å². The highest BCUT2D eigenvalue weighted by molar-refractivity contribution is 6.23. The third-order valence-corrected chi connectivity index (χ3v) is 6.03. The number of esters is 1. The molecule has 182 valence electrons. The molecule has 4 atom stereocenters. The molecule has 4 unspecified atom stereocenters. The first kappa shape index (κ1) is 24.0. The van der Waals surface area contributed by atoms with Crippen LogP contribution in [0.25, 0.3) is 0 Å². The monoisotopic (exact) mass is 483 g/mol. The predicted molar refractivity (Wildman–Crippen MR) is 117 cm³/mol. The second-order valence-corrected chi connectivity index (χ2v) is 8.19. The second-order valence-electron chi connectivity index (χ2n) is 8.19. The highest BCUT2D eigenvalue weighted by Crippen LogP contribution is 2.36. The Morgan fingerprint density at radius 2 is 1.77 bits per heavy atom. The van der Waals surface area contributed by atoms with Crippen molar-refractivity contribution < 1.29 is 39.1 Å². The van der Waals surface area contributed by atoms with Crippen LogP contribution in [0.5, 0.6) is 0 Å². The van der Waals surface area contributed by atoms with Gasteiger partial charge in [0.25, 0.3) is 17.5 Å². The summed E-state index contributed by atoms with van der Waals surface area (Å²) in [6.45, 7) is 0.430. The molecule has 1 saturated heterocycles. The summed E-state index contributed by atoms with van der Waals surface area (Å²) in [5, 5.41) is 31.3. The maximum absolute atomic E-state index is 13.1. The van der Waals surface area contributed by atoms with Gasteiger partial charge in [0.05, 0.1) is 34.8 Å². The lowest BCUT2D eigenvalue weighted by atomic mass is 9.90. The minimum atomic E-state index is -1.49. The highest BCUT2D eigenvalue weighted by atomic mass is 16.6. The summed E-state index contributed by atoms with van der Waals surface area (Å²) in [6.07, 6.45) is -1.39. The van der Waals surface area contributed by atoms with E-state index in [1.165, 1.54) is 6.92 Å². The van der Waals surface area contributed by atoms with Crippen molar-refractivity contribution in [2.45, 2.75) is 37.8 Å². The number of hydrogen-bond acceptors (Lipinski definition) is 9. The molecule has 12 nitrogen and oxygen atoms in total. The van der Waals surface area contributed by atoms with Gasteiger partial charge in [0.1, 0.15) is 12.6 Å². The van der Waals surface area contributed by atoms with Crippen molar-refractivity contribution in [3.63, 3.8) is 0 Å². The number of carbonyl (C=O) groups is 4. The molecule has 1 fully saturated rings. The standard InChI is InChI=1S/C23H21N3O9/c1-12(28)18(23(32)35-11-13-5-3-2-4-6-13)24-17(10-27)19(22(24)31)25-20(29)15-8-7-14(26(33)34)9-16(15)21(25)30/h2-9,12,17-19,27-28H,10-11H2,1H3. The van der Waals surface area contributed by atoms with E-state index in [2.05, 4.69) is 0 Å². The van der Waals surface area contributed by atoms with Gasteiger partial charge in [-0.3, -0.25) is 29.4 Å². The molecule has 2 aliphatic heterocycles. The molecule has 35 heavy (non-hydrogen) atoms. The van der Waals surface area contributed by atoms with Crippen LogP contribution in [0.1, 0.15) is 33.2 Å². The Morgan fingerprint density at radius 3 is 2.37 bits per heavy atom. The van der Waals surface area contributed by atoms with Gasteiger partial charge >= 0.3 is 5.97 Å². The number of hydrogen-bond donors (Lipinski definition) is 2. The van der Waals surface area contributed by atoms with Gasteiger partial charge in [0.15, 0.2) is 6.04 Å². The van der Waals surface area contributed by atoms with E-state index in [1.807, 2.05) is 0 Å². The number of β-lactam (4-membered cyclic amide) rings is 1. The fourth-order valence-electron chi connectivity index (χ4n) is 4.34. The largest absolute Gasteiger partial charge is 0.459 e. The second kappa shape index (κ2) is 9.24. The number of imide groups is 1. The molecule has 2 aromatic carbocycles. The first-order chi connectivity index (χ1) is 16.7. The maximum atomic E-state index is 13.1. The molecule has 0 saturated carbocycles. The Kier molecular flexibility index (Phi) is 6.33. The molecule has 0 spiro atoms. The van der Waals surface area contributed by atoms with Gasteiger partial charge in [-0.05, 0) is 18.6 Å². The summed E-state index contributed by atoms with van der Waals surface area (Å²) in [4.78, 5) is 63.5. The molecule has 0 aromatic heterocycles. The number of rotatable bonds is 8. The van der Waals surface area contributed by atoms with Crippen LogP contribution >= 0.6 is 0 Å². The Hall–Kier alpha value is -4.16. The molecule has 4 rings (SSSR count). The smallest absolute Gasteiger partial charge is 0.331 e. The first-order valence-electron chi connectivity index (χ1n) is 10.6. The Balaban J connectivity index is 1.55. The minimum Gasteiger partial charge on any atom is -0.459 e. The zero-order chi connectivity index (χ0) is 25.4. The van der Waals surface area contributed by atoms with E-state index in [0.29, 0.717) is 10.5 Å². The van der Waals surface area contributed by atoms with E-state index >= 15 is 0 Å². The zero-order valence-electron chi connectivity index (χ0n) is 18.4. The van der Waals surface area contributed by atoms with Crippen LogP contribution in [0.2, 0.25) is 0 Å². The normalized spacial score (nSPS) is 20.8. The average Bonchev–Trinajstić information content (AvgIpc) is 3.08.